The molecule has 14 nitrogen and oxygen atoms in total. The first-order valence-electron chi connectivity index (χ1n) is 29.0. The van der Waals surface area contributed by atoms with E-state index in [1.807, 2.05) is 0 Å². The summed E-state index contributed by atoms with van der Waals surface area (Å²) in [6, 6.07) is 3.92. The number of aromatic nitrogens is 4. The Balaban J connectivity index is 0.928. The van der Waals surface area contributed by atoms with Crippen molar-refractivity contribution in [1.29, 1.82) is 0 Å². The van der Waals surface area contributed by atoms with E-state index in [2.05, 4.69) is 24.4 Å². The number of H-pyrrole nitrogens is 2. The molecular weight excluding hydrogens is 835 g/mol. The lowest BCUT2D eigenvalue weighted by molar-refractivity contribution is -0.139. The Morgan fingerprint density at radius 2 is 1.46 bits per heavy atom. The van der Waals surface area contributed by atoms with Gasteiger partial charge in [-0.1, -0.05) is 57.7 Å². The van der Waals surface area contributed by atoms with Gasteiger partial charge in [-0.25, -0.2) is 19.6 Å². The number of hydrogen-bond donors (Lipinski definition) is 4. The van der Waals surface area contributed by atoms with E-state index in [4.69, 9.17) is 25.5 Å². The fraction of sp³-hybridized carbons (Fsp3) is 0.469. The Kier molecular flexibility index (Phi) is 6.73. The highest BCUT2D eigenvalue weighted by Gasteiger charge is 2.56. The summed E-state index contributed by atoms with van der Waals surface area (Å²) in [7, 11) is 1.71. The summed E-state index contributed by atoms with van der Waals surface area (Å²) in [5, 5.41) is 3.56. The number of amides is 4. The smallest absolute Gasteiger partial charge is 0.407 e. The molecule has 2 saturated carbocycles. The van der Waals surface area contributed by atoms with Crippen LogP contribution in [0.3, 0.4) is 0 Å². The lowest BCUT2D eigenvalue weighted by atomic mass is 9.95. The molecule has 1 spiro atoms. The van der Waals surface area contributed by atoms with Crippen LogP contribution in [0.1, 0.15) is 123 Å². The topological polar surface area (TPSA) is 175 Å². The van der Waals surface area contributed by atoms with Crippen molar-refractivity contribution in [2.75, 3.05) is 20.8 Å². The summed E-state index contributed by atoms with van der Waals surface area (Å²) in [5.74, 6) is -14.4. The maximum Gasteiger partial charge on any atom is 0.407 e. The number of alkyl halides is 2. The highest BCUT2D eigenvalue weighted by molar-refractivity contribution is 5.89. The van der Waals surface area contributed by atoms with Crippen molar-refractivity contribution in [2.45, 2.75) is 102 Å². The van der Waals surface area contributed by atoms with E-state index in [-0.39, 0.29) is 64.0 Å². The van der Waals surface area contributed by atoms with Crippen LogP contribution in [0.15, 0.2) is 60.8 Å². The number of methoxy groups -OCH3 is 2. The molecule has 6 atom stereocenters. The van der Waals surface area contributed by atoms with E-state index in [0.717, 1.165) is 24.0 Å². The average Bonchev–Trinajstić information content (AvgIpc) is 2.11. The molecule has 3 aromatic carbocycles. The number of carbonyl (C=O) groups excluding carboxylic acids is 4. The molecule has 340 valence electrons. The minimum Gasteiger partial charge on any atom is -0.453 e. The minimum absolute atomic E-state index is 0.0868. The first-order chi connectivity index (χ1) is 37.4. The van der Waals surface area contributed by atoms with Crippen LogP contribution < -0.4 is 10.6 Å². The molecule has 65 heavy (non-hydrogen) atoms. The molecule has 16 heteroatoms. The van der Waals surface area contributed by atoms with Crippen molar-refractivity contribution in [3.8, 4) is 33.5 Å². The monoisotopic (exact) mass is 905 g/mol. The van der Waals surface area contributed by atoms with Gasteiger partial charge in [0, 0.05) is 48.5 Å². The number of alkyl carbamates (subject to hydrolysis) is 2. The van der Waals surface area contributed by atoms with Crippen LogP contribution in [-0.2, 0) is 25.0 Å². The number of nitrogens with zero attached hydrogens (tertiary/aromatic N) is 4. The van der Waals surface area contributed by atoms with Crippen molar-refractivity contribution in [3.63, 3.8) is 0 Å². The van der Waals surface area contributed by atoms with Crippen LogP contribution in [0, 0.1) is 23.1 Å². The zero-order valence-corrected chi connectivity index (χ0v) is 35.0. The second-order valence-electron chi connectivity index (χ2n) is 17.4. The van der Waals surface area contributed by atoms with Gasteiger partial charge in [-0.15, -0.1) is 0 Å². The third kappa shape index (κ3) is 7.19. The zero-order chi connectivity index (χ0) is 59.4. The van der Waals surface area contributed by atoms with Gasteiger partial charge in [0.2, 0.25) is 11.8 Å². The Labute approximate surface area is 397 Å². The fourth-order valence-electron chi connectivity index (χ4n) is 10.3. The third-order valence-corrected chi connectivity index (χ3v) is 13.6. The van der Waals surface area contributed by atoms with E-state index in [9.17, 15) is 20.5 Å². The van der Waals surface area contributed by atoms with Gasteiger partial charge in [-0.2, -0.15) is 8.78 Å². The van der Waals surface area contributed by atoms with Crippen LogP contribution in [0.5, 0.6) is 0 Å². The molecule has 4 fully saturated rings. The van der Waals surface area contributed by atoms with E-state index < -0.39 is 105 Å². The van der Waals surface area contributed by atoms with Gasteiger partial charge >= 0.3 is 12.2 Å². The highest BCUT2D eigenvalue weighted by Crippen LogP contribution is 2.59. The summed E-state index contributed by atoms with van der Waals surface area (Å²) in [6.07, 6.45) is 1.03. The number of ether oxygens (including phenoxy) is 2. The SMILES string of the molecule is [2H]C([2H])([2H])C([2H])(C([2H])([2H])[2H])C([2H])(NC(=O)OC)C(=O)N1CC2(CC2)C[C@H]1c1ncc(-c2ccc3c(c2)C(F)(F)c2cc(-c4ccc5nc([C@@H]6[C@H]7CC[C@H](C7)N6C(=O)[C@@]([2H])(NC(=O)OC)C([2H])(C([2H])([2H])[2H])C([2H])([2H])[2H])[nH]c5c4)ccc2-3)[nH]1. The number of rotatable bonds is 10. The molecule has 1 unspecified atom stereocenters. The van der Waals surface area contributed by atoms with Crippen LogP contribution in [-0.4, -0.2) is 92.6 Å². The van der Waals surface area contributed by atoms with Gasteiger partial charge in [0.1, 0.15) is 23.7 Å². The molecule has 2 bridgehead atoms. The number of aromatic amines is 2. The minimum atomic E-state index is -3.91. The second kappa shape index (κ2) is 15.7. The molecule has 2 aliphatic heterocycles. The summed E-state index contributed by atoms with van der Waals surface area (Å²) < 4.78 is 176. The van der Waals surface area contributed by atoms with Gasteiger partial charge < -0.3 is 39.9 Å². The number of piperidine rings is 1. The summed E-state index contributed by atoms with van der Waals surface area (Å²) in [5.41, 5.74) is 1.40. The molecule has 2 aromatic heterocycles. The second-order valence-corrected chi connectivity index (χ2v) is 17.4. The van der Waals surface area contributed by atoms with Crippen molar-refractivity contribution >= 4 is 35.0 Å². The van der Waals surface area contributed by atoms with Crippen molar-refractivity contribution in [1.82, 2.24) is 40.4 Å². The molecule has 3 aliphatic carbocycles. The van der Waals surface area contributed by atoms with Crippen LogP contribution in [0.25, 0.3) is 44.5 Å². The normalized spacial score (nSPS) is 28.6. The molecule has 10 rings (SSSR count). The molecule has 4 heterocycles. The number of halogens is 2. The maximum atomic E-state index is 16.9. The molecule has 5 aliphatic rings. The fourth-order valence-corrected chi connectivity index (χ4v) is 10.3. The summed E-state index contributed by atoms with van der Waals surface area (Å²) >= 11 is 0. The number of benzene rings is 3. The Hall–Kier alpha value is -6.32. The number of imidazole rings is 2. The number of hydrogen-bond acceptors (Lipinski definition) is 8. The Morgan fingerprint density at radius 1 is 0.831 bits per heavy atom. The molecule has 4 N–H and O–H groups in total. The maximum absolute atomic E-state index is 16.9. The molecule has 5 aromatic rings. The van der Waals surface area contributed by atoms with E-state index >= 15 is 8.78 Å². The van der Waals surface area contributed by atoms with Gasteiger partial charge in [-0.05, 0) is 108 Å². The largest absolute Gasteiger partial charge is 0.453 e. The van der Waals surface area contributed by atoms with Gasteiger partial charge in [0.15, 0.2) is 0 Å². The van der Waals surface area contributed by atoms with Crippen molar-refractivity contribution in [2.24, 2.45) is 23.1 Å². The number of fused-ring (bicyclic) bond motifs is 6. The van der Waals surface area contributed by atoms with Crippen LogP contribution in [0.4, 0.5) is 18.4 Å². The van der Waals surface area contributed by atoms with Crippen LogP contribution in [0.2, 0.25) is 0 Å². The van der Waals surface area contributed by atoms with E-state index in [0.29, 0.717) is 54.3 Å². The quantitative estimate of drug-likeness (QED) is 0.108. The van der Waals surface area contributed by atoms with E-state index in [1.165, 1.54) is 24.4 Å². The average molecular weight is 905 g/mol. The van der Waals surface area contributed by atoms with Crippen LogP contribution >= 0.6 is 0 Å². The Morgan fingerprint density at radius 3 is 2.12 bits per heavy atom. The zero-order valence-electron chi connectivity index (χ0n) is 51.0. The van der Waals surface area contributed by atoms with Gasteiger partial charge in [0.25, 0.3) is 5.92 Å². The van der Waals surface area contributed by atoms with Gasteiger partial charge in [-0.3, -0.25) is 9.59 Å². The standard InChI is InChI=1S/C49H54F2N8O6/c1-24(2)39(56-46(62)64-5)44(60)58-23-48(15-16-48)21-38(58)42-52-22-37(55-42)28-9-13-32-31-12-8-26(18-33(31)49(50,51)34(32)19-28)27-10-14-35-36(20-27)54-43(53-35)41-29-7-11-30(17-29)59(41)45(61)40(25(3)4)57-47(63)65-6/h8-10,12-14,18-20,22,24-25,29-30,38-41H,7,11,15-17,21,23H2,1-6H3,(H,52,55)(H,53,54)(H,56,62)(H,57,63)/t29-,30+,38-,39?,40-,41-/m0/s1/i1D3,2D3,3D3,4D3,24D,25D,39D,40D. The van der Waals surface area contributed by atoms with Crippen molar-refractivity contribution < 1.29 is 59.4 Å². The number of nitrogens with one attached hydrogen (secondary N) is 4. The first-order valence-corrected chi connectivity index (χ1v) is 21.0. The summed E-state index contributed by atoms with van der Waals surface area (Å²) in [4.78, 5) is 72.2. The Bertz CT molecular complexity index is 3390. The lowest BCUT2D eigenvalue weighted by Gasteiger charge is -2.37. The first kappa shape index (κ1) is 27.9. The molecule has 0 radical (unpaired) electrons. The number of carbonyl (C=O) groups is 4. The predicted molar refractivity (Wildman–Crippen MR) is 237 cm³/mol. The summed E-state index contributed by atoms with van der Waals surface area (Å²) in [6.45, 7) is -15.4. The third-order valence-electron chi connectivity index (χ3n) is 13.6. The molecule has 2 saturated heterocycles. The lowest BCUT2D eigenvalue weighted by Crippen LogP contribution is -2.54. The predicted octanol–water partition coefficient (Wildman–Crippen LogP) is 8.61. The number of likely N-dealkylation sites (tertiary alicyclic amines) is 2. The highest BCUT2D eigenvalue weighted by atomic mass is 19.3. The molecular formula is C49H54F2N8O6. The van der Waals surface area contributed by atoms with Crippen molar-refractivity contribution in [3.05, 3.63) is 83.6 Å². The van der Waals surface area contributed by atoms with E-state index in [1.54, 1.807) is 47.0 Å². The molecule has 4 amide bonds. The van der Waals surface area contributed by atoms with Gasteiger partial charge in [0.05, 0.1) is 52.0 Å².